The third kappa shape index (κ3) is 6.41. The maximum Gasteiger partial charge on any atom is 0.175 e. The van der Waals surface area contributed by atoms with Crippen molar-refractivity contribution < 1.29 is 10.6 Å². The van der Waals surface area contributed by atoms with Crippen LogP contribution in [0.1, 0.15) is 74.4 Å². The summed E-state index contributed by atoms with van der Waals surface area (Å²) in [6.45, 7) is 17.6. The van der Waals surface area contributed by atoms with E-state index >= 15 is 0 Å². The van der Waals surface area contributed by atoms with Gasteiger partial charge in [0.25, 0.3) is 0 Å². The van der Waals surface area contributed by atoms with Gasteiger partial charge in [-0.15, -0.1) is 0 Å². The fourth-order valence-electron chi connectivity index (χ4n) is 3.87. The summed E-state index contributed by atoms with van der Waals surface area (Å²) in [6.07, 6.45) is 13.5. The van der Waals surface area contributed by atoms with E-state index in [2.05, 4.69) is 44.4 Å². The van der Waals surface area contributed by atoms with Crippen molar-refractivity contribution in [2.75, 3.05) is 0 Å². The second-order valence-electron chi connectivity index (χ2n) is 7.72. The van der Waals surface area contributed by atoms with Gasteiger partial charge in [0, 0.05) is 20.6 Å². The van der Waals surface area contributed by atoms with Gasteiger partial charge in [-0.2, -0.15) is 0 Å². The highest BCUT2D eigenvalue weighted by Crippen LogP contribution is 2.37. The Labute approximate surface area is 196 Å². The molecule has 3 heteroatoms. The van der Waals surface area contributed by atoms with Crippen LogP contribution in [0.2, 0.25) is 0 Å². The van der Waals surface area contributed by atoms with Crippen molar-refractivity contribution in [1.82, 2.24) is 4.90 Å². The number of Topliss-reactive ketones (excluding diaryl/α,β-unsaturated/α-hetero) is 1. The quantitative estimate of drug-likeness (QED) is 0.439. The van der Waals surface area contributed by atoms with E-state index in [1.165, 1.54) is 5.57 Å². The second kappa shape index (κ2) is 13.0. The molecule has 2 aliphatic rings. The molecule has 0 spiro atoms. The van der Waals surface area contributed by atoms with Crippen LogP contribution in [0.15, 0.2) is 71.6 Å². The van der Waals surface area contributed by atoms with Crippen LogP contribution in [-0.2, 0) is 4.79 Å². The number of halogens is 1. The van der Waals surface area contributed by atoms with E-state index in [1.54, 1.807) is 19.9 Å². The molecule has 32 heavy (non-hydrogen) atoms. The number of allylic oxidation sites excluding steroid dienone is 8. The van der Waals surface area contributed by atoms with Crippen LogP contribution < -0.4 is 0 Å². The van der Waals surface area contributed by atoms with Crippen molar-refractivity contribution in [3.8, 4) is 0 Å². The van der Waals surface area contributed by atoms with Crippen molar-refractivity contribution in [2.24, 2.45) is 5.92 Å². The standard InChI is InChI=1S/C25H28FNO.2C2H6.H2/c1-6-25(19(5)28)27-15-21(9-8-18(27)4)22-11-7-16(2)13-23(22)20-10-12-24(26)17(3)14-20;2*1-2;/h6-12,14-16,18H,13H2,1-5H3;2*1-2H3;1H/b25-6-;;;. The molecule has 0 saturated heterocycles. The number of aryl methyl sites for hydroxylation is 1. The van der Waals surface area contributed by atoms with E-state index in [0.29, 0.717) is 17.2 Å². The van der Waals surface area contributed by atoms with Crippen LogP contribution in [0, 0.1) is 18.7 Å². The Kier molecular flexibility index (Phi) is 11.1. The number of nitrogens with zero attached hydrogens (tertiary/aromatic N) is 1. The molecule has 0 bridgehead atoms. The third-order valence-corrected chi connectivity index (χ3v) is 5.44. The first-order chi connectivity index (χ1) is 15.3. The monoisotopic (exact) mass is 439 g/mol. The first-order valence-corrected chi connectivity index (χ1v) is 11.9. The molecule has 0 aromatic heterocycles. The highest BCUT2D eigenvalue weighted by Gasteiger charge is 2.23. The normalized spacial score (nSPS) is 20.1. The van der Waals surface area contributed by atoms with Gasteiger partial charge < -0.3 is 4.90 Å². The first-order valence-electron chi connectivity index (χ1n) is 11.9. The van der Waals surface area contributed by atoms with Gasteiger partial charge in [0.15, 0.2) is 5.78 Å². The van der Waals surface area contributed by atoms with Crippen LogP contribution >= 0.6 is 0 Å². The van der Waals surface area contributed by atoms with Crippen molar-refractivity contribution in [1.29, 1.82) is 0 Å². The Morgan fingerprint density at radius 1 is 1.12 bits per heavy atom. The largest absolute Gasteiger partial charge is 0.338 e. The summed E-state index contributed by atoms with van der Waals surface area (Å²) in [5, 5.41) is 0. The number of benzene rings is 1. The molecule has 0 N–H and O–H groups in total. The van der Waals surface area contributed by atoms with Crippen molar-refractivity contribution in [2.45, 2.75) is 74.8 Å². The Morgan fingerprint density at radius 3 is 2.34 bits per heavy atom. The number of rotatable bonds is 4. The lowest BCUT2D eigenvalue weighted by Crippen LogP contribution is -2.31. The van der Waals surface area contributed by atoms with Crippen LogP contribution in [0.25, 0.3) is 5.57 Å². The Balaban J connectivity index is 0.00000194. The van der Waals surface area contributed by atoms with E-state index in [1.807, 2.05) is 57.7 Å². The summed E-state index contributed by atoms with van der Waals surface area (Å²) in [7, 11) is 0. The SMILES string of the molecule is C/C=C(/C(C)=O)N1C=C(C2=C(c3ccc(F)c(C)c3)CC(C)C=C2)C=CC1C.CC.CC.[HH]. The predicted octanol–water partition coefficient (Wildman–Crippen LogP) is 8.42. The summed E-state index contributed by atoms with van der Waals surface area (Å²) >= 11 is 0. The Bertz CT molecular complexity index is 952. The minimum atomic E-state index is -0.179. The average Bonchev–Trinajstić information content (AvgIpc) is 2.80. The molecular weight excluding hydrogens is 397 g/mol. The smallest absolute Gasteiger partial charge is 0.175 e. The van der Waals surface area contributed by atoms with E-state index in [0.717, 1.165) is 23.1 Å². The minimum absolute atomic E-state index is 0. The molecule has 1 heterocycles. The maximum atomic E-state index is 13.8. The third-order valence-electron chi connectivity index (χ3n) is 5.44. The molecule has 1 aliphatic heterocycles. The van der Waals surface area contributed by atoms with E-state index < -0.39 is 0 Å². The molecule has 0 saturated carbocycles. The minimum Gasteiger partial charge on any atom is -0.338 e. The van der Waals surface area contributed by atoms with Gasteiger partial charge >= 0.3 is 0 Å². The molecule has 176 valence electrons. The van der Waals surface area contributed by atoms with E-state index in [9.17, 15) is 9.18 Å². The molecular formula is C29H42FNO. The number of carbonyl (C=O) groups is 1. The van der Waals surface area contributed by atoms with Gasteiger partial charge in [-0.25, -0.2) is 4.39 Å². The first kappa shape index (κ1) is 27.4. The zero-order valence-electron chi connectivity index (χ0n) is 21.3. The predicted molar refractivity (Wildman–Crippen MR) is 139 cm³/mol. The molecule has 2 unspecified atom stereocenters. The Hall–Kier alpha value is -2.68. The molecule has 0 amide bonds. The van der Waals surface area contributed by atoms with Crippen LogP contribution in [-0.4, -0.2) is 16.7 Å². The van der Waals surface area contributed by atoms with Crippen molar-refractivity contribution >= 4 is 11.4 Å². The lowest BCUT2D eigenvalue weighted by molar-refractivity contribution is -0.114. The summed E-state index contributed by atoms with van der Waals surface area (Å²) in [4.78, 5) is 14.1. The lowest BCUT2D eigenvalue weighted by Gasteiger charge is -2.32. The van der Waals surface area contributed by atoms with Crippen molar-refractivity contribution in [3.05, 3.63) is 88.6 Å². The lowest BCUT2D eigenvalue weighted by atomic mass is 9.83. The van der Waals surface area contributed by atoms with E-state index in [-0.39, 0.29) is 19.1 Å². The van der Waals surface area contributed by atoms with Gasteiger partial charge in [0.2, 0.25) is 0 Å². The fraction of sp³-hybridized carbons (Fsp3) is 0.414. The van der Waals surface area contributed by atoms with Crippen LogP contribution in [0.5, 0.6) is 0 Å². The molecule has 0 radical (unpaired) electrons. The average molecular weight is 440 g/mol. The molecule has 1 aromatic carbocycles. The van der Waals surface area contributed by atoms with Crippen LogP contribution in [0.3, 0.4) is 0 Å². The zero-order valence-corrected chi connectivity index (χ0v) is 21.3. The number of hydrogen-bond donors (Lipinski definition) is 0. The summed E-state index contributed by atoms with van der Waals surface area (Å²) in [5.74, 6) is 0.299. The van der Waals surface area contributed by atoms with Gasteiger partial charge in [-0.1, -0.05) is 71.1 Å². The van der Waals surface area contributed by atoms with Crippen LogP contribution in [0.4, 0.5) is 4.39 Å². The topological polar surface area (TPSA) is 20.3 Å². The van der Waals surface area contributed by atoms with Gasteiger partial charge in [0.1, 0.15) is 5.82 Å². The molecule has 0 fully saturated rings. The molecule has 1 aliphatic carbocycles. The fourth-order valence-corrected chi connectivity index (χ4v) is 3.87. The molecule has 2 atom stereocenters. The Morgan fingerprint density at radius 2 is 1.78 bits per heavy atom. The summed E-state index contributed by atoms with van der Waals surface area (Å²) in [6, 6.07) is 5.45. The summed E-state index contributed by atoms with van der Waals surface area (Å²) in [5.41, 5.74) is 5.83. The number of hydrogen-bond acceptors (Lipinski definition) is 2. The second-order valence-corrected chi connectivity index (χ2v) is 7.72. The molecule has 1 aromatic rings. The van der Waals surface area contributed by atoms with Crippen molar-refractivity contribution in [3.63, 3.8) is 0 Å². The molecule has 3 rings (SSSR count). The zero-order chi connectivity index (χ0) is 24.4. The number of ketones is 1. The maximum absolute atomic E-state index is 13.8. The van der Waals surface area contributed by atoms with Gasteiger partial charge in [0.05, 0.1) is 5.70 Å². The van der Waals surface area contributed by atoms with Gasteiger partial charge in [-0.05, 0) is 73.1 Å². The highest BCUT2D eigenvalue weighted by atomic mass is 19.1. The molecule has 2 nitrogen and oxygen atoms in total. The van der Waals surface area contributed by atoms with E-state index in [4.69, 9.17) is 0 Å². The number of carbonyl (C=O) groups excluding carboxylic acids is 1. The summed E-state index contributed by atoms with van der Waals surface area (Å²) < 4.78 is 13.8. The van der Waals surface area contributed by atoms with Gasteiger partial charge in [-0.3, -0.25) is 4.79 Å². The highest BCUT2D eigenvalue weighted by molar-refractivity contribution is 5.93.